The summed E-state index contributed by atoms with van der Waals surface area (Å²) in [6.07, 6.45) is 1.61. The monoisotopic (exact) mass is 463 g/mol. The van der Waals surface area contributed by atoms with Crippen LogP contribution >= 0.6 is 18.7 Å². The van der Waals surface area contributed by atoms with Crippen molar-refractivity contribution in [3.63, 3.8) is 0 Å². The lowest BCUT2D eigenvalue weighted by Crippen LogP contribution is -2.14. The van der Waals surface area contributed by atoms with Gasteiger partial charge in [-0.25, -0.2) is 0 Å². The van der Waals surface area contributed by atoms with Crippen LogP contribution in [0.2, 0.25) is 0 Å². The van der Waals surface area contributed by atoms with Crippen molar-refractivity contribution >= 4 is 41.3 Å². The molecule has 0 bridgehead atoms. The Morgan fingerprint density at radius 1 is 1.09 bits per heavy atom. The molecule has 0 saturated heterocycles. The van der Waals surface area contributed by atoms with E-state index in [-0.39, 0.29) is 12.1 Å². The molecule has 32 heavy (non-hydrogen) atoms. The number of thiophene rings is 1. The first-order chi connectivity index (χ1) is 15.5. The molecule has 8 heteroatoms. The van der Waals surface area contributed by atoms with Crippen LogP contribution in [0.15, 0.2) is 83.7 Å². The van der Waals surface area contributed by atoms with Gasteiger partial charge in [0.05, 0.1) is 28.8 Å². The lowest BCUT2D eigenvalue weighted by molar-refractivity contribution is 0.102. The second kappa shape index (κ2) is 9.49. The molecule has 2 heterocycles. The summed E-state index contributed by atoms with van der Waals surface area (Å²) in [6.45, 7) is 0. The minimum absolute atomic E-state index is 0.144. The van der Waals surface area contributed by atoms with Crippen molar-refractivity contribution in [2.75, 3.05) is 18.2 Å². The van der Waals surface area contributed by atoms with Gasteiger partial charge >= 0.3 is 0 Å². The maximum atomic E-state index is 13.2. The molecule has 6 nitrogen and oxygen atoms in total. The number of nitrogen functional groups attached to an aromatic ring is 1. The second-order valence-corrected chi connectivity index (χ2v) is 10.5. The molecule has 1 amide bonds. The molecule has 0 aliphatic carbocycles. The number of nitrogens with two attached hydrogens (primary N) is 1. The minimum Gasteiger partial charge on any atom is -0.397 e. The maximum absolute atomic E-state index is 13.2. The van der Waals surface area contributed by atoms with Crippen LogP contribution in [0.5, 0.6) is 0 Å². The number of amides is 1. The molecule has 0 spiro atoms. The van der Waals surface area contributed by atoms with Gasteiger partial charge < -0.3 is 15.6 Å². The molecule has 3 N–H and O–H groups in total. The molecule has 2 aromatic carbocycles. The van der Waals surface area contributed by atoms with Gasteiger partial charge in [-0.05, 0) is 64.4 Å². The molecule has 1 unspecified atom stereocenters. The Bertz CT molecular complexity index is 1260. The number of hydrogen-bond acceptors (Lipinski definition) is 6. The van der Waals surface area contributed by atoms with E-state index in [0.29, 0.717) is 27.9 Å². The molecule has 0 aliphatic rings. The van der Waals surface area contributed by atoms with Gasteiger partial charge in [0.2, 0.25) is 7.37 Å². The number of anilines is 2. The number of carbonyl (C=O) groups is 1. The van der Waals surface area contributed by atoms with Gasteiger partial charge in [0.1, 0.15) is 0 Å². The summed E-state index contributed by atoms with van der Waals surface area (Å²) in [5.41, 5.74) is 10.1. The van der Waals surface area contributed by atoms with Gasteiger partial charge in [-0.2, -0.15) is 11.3 Å². The van der Waals surface area contributed by atoms with Gasteiger partial charge in [0.25, 0.3) is 5.91 Å². The molecule has 4 rings (SSSR count). The Kier molecular flexibility index (Phi) is 6.51. The van der Waals surface area contributed by atoms with Gasteiger partial charge in [-0.3, -0.25) is 14.3 Å². The van der Waals surface area contributed by atoms with E-state index < -0.39 is 7.37 Å². The van der Waals surface area contributed by atoms with Crippen LogP contribution < -0.4 is 16.4 Å². The summed E-state index contributed by atoms with van der Waals surface area (Å²) < 4.78 is 18.6. The van der Waals surface area contributed by atoms with Crippen LogP contribution in [0.1, 0.15) is 16.1 Å². The summed E-state index contributed by atoms with van der Waals surface area (Å²) in [5, 5.41) is 7.52. The maximum Gasteiger partial charge on any atom is 0.257 e. The lowest BCUT2D eigenvalue weighted by Gasteiger charge is -2.16. The molecule has 1 atom stereocenters. The summed E-state index contributed by atoms with van der Waals surface area (Å²) in [5.74, 6) is -0.323. The average molecular weight is 463 g/mol. The predicted molar refractivity (Wildman–Crippen MR) is 131 cm³/mol. The zero-order valence-electron chi connectivity index (χ0n) is 17.4. The number of nitrogens with zero attached hydrogens (tertiary/aromatic N) is 1. The number of nitrogens with one attached hydrogen (secondary N) is 1. The fourth-order valence-electron chi connectivity index (χ4n) is 3.25. The van der Waals surface area contributed by atoms with Crippen LogP contribution in [0.25, 0.3) is 11.1 Å². The van der Waals surface area contributed by atoms with Crippen molar-refractivity contribution in [2.45, 2.75) is 6.16 Å². The van der Waals surface area contributed by atoms with Gasteiger partial charge in [0.15, 0.2) is 0 Å². The summed E-state index contributed by atoms with van der Waals surface area (Å²) in [6, 6.07) is 20.0. The molecule has 2 aromatic heterocycles. The zero-order chi connectivity index (χ0) is 22.6. The molecular formula is C24H22N3O3PS. The van der Waals surface area contributed by atoms with E-state index in [9.17, 15) is 9.36 Å². The molecule has 0 fully saturated rings. The normalized spacial score (nSPS) is 12.8. The number of carbonyl (C=O) groups excluding carboxylic acids is 1. The Morgan fingerprint density at radius 3 is 2.56 bits per heavy atom. The van der Waals surface area contributed by atoms with E-state index in [4.69, 9.17) is 10.3 Å². The lowest BCUT2D eigenvalue weighted by atomic mass is 10.1. The fraction of sp³-hybridized carbons (Fsp3) is 0.0833. The Morgan fingerprint density at radius 2 is 1.91 bits per heavy atom. The van der Waals surface area contributed by atoms with E-state index in [1.807, 2.05) is 47.2 Å². The van der Waals surface area contributed by atoms with E-state index in [1.54, 1.807) is 41.7 Å². The average Bonchev–Trinajstić information content (AvgIpc) is 3.36. The quantitative estimate of drug-likeness (QED) is 0.283. The van der Waals surface area contributed by atoms with Crippen molar-refractivity contribution in [3.8, 4) is 11.1 Å². The number of hydrogen-bond donors (Lipinski definition) is 2. The highest BCUT2D eigenvalue weighted by Crippen LogP contribution is 2.47. The first-order valence-electron chi connectivity index (χ1n) is 9.87. The Hall–Kier alpha value is -3.25. The van der Waals surface area contributed by atoms with Gasteiger partial charge in [-0.1, -0.05) is 24.3 Å². The number of aromatic nitrogens is 1. The van der Waals surface area contributed by atoms with Crippen molar-refractivity contribution < 1.29 is 13.9 Å². The second-order valence-electron chi connectivity index (χ2n) is 7.16. The molecule has 0 aliphatic heterocycles. The Labute approximate surface area is 190 Å². The van der Waals surface area contributed by atoms with Crippen molar-refractivity contribution in [1.29, 1.82) is 0 Å². The predicted octanol–water partition coefficient (Wildman–Crippen LogP) is 5.39. The van der Waals surface area contributed by atoms with Crippen molar-refractivity contribution in [1.82, 2.24) is 4.98 Å². The SMILES string of the molecule is COP(=O)(Cc1ccc(C(=O)Nc2cc(-c3ccsc3)ccc2N)cn1)c1ccccc1. The number of rotatable bonds is 7. The Balaban J connectivity index is 1.49. The standard InChI is InChI=1S/C24H22N3O3PS/c1-30-31(29,21-5-3-2-4-6-21)15-20-9-7-18(14-26-20)24(28)27-23-13-17(8-10-22(23)25)19-11-12-32-16-19/h2-14,16H,15,25H2,1H3,(H,27,28). The summed E-state index contributed by atoms with van der Waals surface area (Å²) in [4.78, 5) is 17.1. The molecular weight excluding hydrogens is 441 g/mol. The van der Waals surface area contributed by atoms with Gasteiger partial charge in [-0.15, -0.1) is 0 Å². The van der Waals surface area contributed by atoms with Crippen LogP contribution in [-0.4, -0.2) is 18.0 Å². The highest BCUT2D eigenvalue weighted by Gasteiger charge is 2.25. The molecule has 0 saturated carbocycles. The molecule has 4 aromatic rings. The number of benzene rings is 2. The van der Waals surface area contributed by atoms with E-state index >= 15 is 0 Å². The summed E-state index contributed by atoms with van der Waals surface area (Å²) in [7, 11) is -1.65. The van der Waals surface area contributed by atoms with Crippen molar-refractivity contribution in [2.24, 2.45) is 0 Å². The highest BCUT2D eigenvalue weighted by atomic mass is 32.1. The molecule has 0 radical (unpaired) electrons. The zero-order valence-corrected chi connectivity index (χ0v) is 19.1. The molecule has 162 valence electrons. The topological polar surface area (TPSA) is 94.3 Å². The van der Waals surface area contributed by atoms with Crippen molar-refractivity contribution in [3.05, 3.63) is 94.9 Å². The fourth-order valence-corrected chi connectivity index (χ4v) is 5.68. The minimum atomic E-state index is -3.08. The first kappa shape index (κ1) is 22.0. The first-order valence-corrected chi connectivity index (χ1v) is 12.6. The van der Waals surface area contributed by atoms with E-state index in [0.717, 1.165) is 11.1 Å². The highest BCUT2D eigenvalue weighted by molar-refractivity contribution is 7.66. The third-order valence-electron chi connectivity index (χ3n) is 5.06. The van der Waals surface area contributed by atoms with Crippen LogP contribution in [0.3, 0.4) is 0 Å². The third-order valence-corrected chi connectivity index (χ3v) is 8.16. The largest absolute Gasteiger partial charge is 0.397 e. The third kappa shape index (κ3) is 4.81. The van der Waals surface area contributed by atoms with Crippen LogP contribution in [0, 0.1) is 0 Å². The van der Waals surface area contributed by atoms with E-state index in [1.165, 1.54) is 13.3 Å². The summed E-state index contributed by atoms with van der Waals surface area (Å²) >= 11 is 1.60. The van der Waals surface area contributed by atoms with E-state index in [2.05, 4.69) is 10.3 Å². The van der Waals surface area contributed by atoms with Crippen LogP contribution in [-0.2, 0) is 15.3 Å². The number of pyridine rings is 1. The van der Waals surface area contributed by atoms with Crippen LogP contribution in [0.4, 0.5) is 11.4 Å². The van der Waals surface area contributed by atoms with Gasteiger partial charge in [0, 0.05) is 18.6 Å². The smallest absolute Gasteiger partial charge is 0.257 e.